The van der Waals surface area contributed by atoms with Gasteiger partial charge >= 0.3 is 6.18 Å². The second kappa shape index (κ2) is 7.27. The lowest BCUT2D eigenvalue weighted by molar-refractivity contribution is -0.137. The van der Waals surface area contributed by atoms with Gasteiger partial charge < -0.3 is 14.6 Å². The Morgan fingerprint density at radius 3 is 2.40 bits per heavy atom. The molecule has 1 heterocycles. The predicted molar refractivity (Wildman–Crippen MR) is 102 cm³/mol. The van der Waals surface area contributed by atoms with Gasteiger partial charge in [0.05, 0.1) is 5.56 Å². The van der Waals surface area contributed by atoms with Gasteiger partial charge in [0.15, 0.2) is 11.5 Å². The van der Waals surface area contributed by atoms with Crippen LogP contribution in [0, 0.1) is 5.41 Å². The van der Waals surface area contributed by atoms with Crippen molar-refractivity contribution in [2.45, 2.75) is 6.18 Å². The number of benzene rings is 3. The lowest BCUT2D eigenvalue weighted by Gasteiger charge is -2.20. The molecule has 0 saturated carbocycles. The summed E-state index contributed by atoms with van der Waals surface area (Å²) in [7, 11) is 0. The van der Waals surface area contributed by atoms with Crippen LogP contribution in [0.3, 0.4) is 0 Å². The monoisotopic (exact) mass is 416 g/mol. The first-order valence-corrected chi connectivity index (χ1v) is 8.72. The first-order chi connectivity index (χ1) is 14.3. The molecule has 0 radical (unpaired) electrons. The van der Waals surface area contributed by atoms with Crippen molar-refractivity contribution in [2.24, 2.45) is 0 Å². The Kier molecular flexibility index (Phi) is 4.75. The summed E-state index contributed by atoms with van der Waals surface area (Å²) in [6.07, 6.45) is -4.69. The molecule has 9 heteroatoms. The predicted octanol–water partition coefficient (Wildman–Crippen LogP) is 4.78. The first kappa shape index (κ1) is 19.6. The van der Waals surface area contributed by atoms with Gasteiger partial charge in [-0.2, -0.15) is 13.2 Å². The van der Waals surface area contributed by atoms with E-state index in [0.29, 0.717) is 22.6 Å². The Morgan fingerprint density at radius 2 is 1.73 bits per heavy atom. The smallest absolute Gasteiger partial charge is 0.416 e. The molecule has 4 rings (SSSR count). The number of fused-ring (bicyclic) bond motifs is 1. The fourth-order valence-corrected chi connectivity index (χ4v) is 3.35. The molecule has 0 amide bonds. The summed E-state index contributed by atoms with van der Waals surface area (Å²) in [5.41, 5.74) is 1.61. The van der Waals surface area contributed by atoms with Crippen molar-refractivity contribution in [3.8, 4) is 39.5 Å². The van der Waals surface area contributed by atoms with Crippen LogP contribution in [0.5, 0.6) is 17.2 Å². The maximum atomic E-state index is 13.6. The van der Waals surface area contributed by atoms with E-state index in [1.807, 2.05) is 0 Å². The lowest BCUT2D eigenvalue weighted by atomic mass is 9.87. The number of phenols is 1. The molecular weight excluding hydrogens is 401 g/mol. The first-order valence-electron chi connectivity index (χ1n) is 8.72. The van der Waals surface area contributed by atoms with Crippen molar-refractivity contribution in [2.75, 3.05) is 6.79 Å². The van der Waals surface area contributed by atoms with Gasteiger partial charge in [-0.1, -0.05) is 24.3 Å². The molecule has 3 aromatic carbocycles. The lowest BCUT2D eigenvalue weighted by Crippen LogP contribution is -2.21. The molecule has 0 aromatic heterocycles. The molecule has 0 aliphatic carbocycles. The van der Waals surface area contributed by atoms with Crippen molar-refractivity contribution in [3.05, 3.63) is 65.7 Å². The average molecular weight is 416 g/mol. The second-order valence-corrected chi connectivity index (χ2v) is 6.52. The number of alkyl halides is 3. The number of hydrogen-bond acceptors (Lipinski definition) is 5. The van der Waals surface area contributed by atoms with E-state index in [1.165, 1.54) is 24.3 Å². The summed E-state index contributed by atoms with van der Waals surface area (Å²) in [4.78, 5) is 0. The van der Waals surface area contributed by atoms with Crippen molar-refractivity contribution in [3.63, 3.8) is 0 Å². The Balaban J connectivity index is 2.10. The molecule has 1 aliphatic heterocycles. The van der Waals surface area contributed by atoms with Crippen LogP contribution in [-0.2, 0) is 6.18 Å². The van der Waals surface area contributed by atoms with E-state index in [-0.39, 0.29) is 29.2 Å². The van der Waals surface area contributed by atoms with E-state index >= 15 is 0 Å². The number of rotatable bonds is 3. The van der Waals surface area contributed by atoms with Crippen LogP contribution < -0.4 is 15.0 Å². The largest absolute Gasteiger partial charge is 0.508 e. The second-order valence-electron chi connectivity index (χ2n) is 6.52. The van der Waals surface area contributed by atoms with E-state index in [2.05, 4.69) is 0 Å². The summed E-state index contributed by atoms with van der Waals surface area (Å²) < 4.78 is 51.7. The Hall–Kier alpha value is -3.72. The number of amidine groups is 1. The van der Waals surface area contributed by atoms with Crippen molar-refractivity contribution < 1.29 is 33.0 Å². The fourth-order valence-electron chi connectivity index (χ4n) is 3.35. The third kappa shape index (κ3) is 3.39. The topological polar surface area (TPSA) is 94.8 Å². The minimum Gasteiger partial charge on any atom is -0.508 e. The number of halogens is 3. The van der Waals surface area contributed by atoms with Gasteiger partial charge in [0.25, 0.3) is 0 Å². The van der Waals surface area contributed by atoms with E-state index in [4.69, 9.17) is 14.9 Å². The maximum absolute atomic E-state index is 13.6. The fraction of sp³-hybridized carbons (Fsp3) is 0.0952. The number of ether oxygens (including phenoxy) is 2. The van der Waals surface area contributed by atoms with Crippen LogP contribution >= 0.6 is 0 Å². The molecular formula is C21H15F3N2O4. The molecule has 0 saturated heterocycles. The highest BCUT2D eigenvalue weighted by atomic mass is 19.4. The number of hydrogen-bond donors (Lipinski definition) is 4. The molecule has 0 fully saturated rings. The number of phenolic OH excluding ortho intramolecular Hbond substituents is 1. The summed E-state index contributed by atoms with van der Waals surface area (Å²) >= 11 is 0. The van der Waals surface area contributed by atoms with Gasteiger partial charge in [-0.3, -0.25) is 16.1 Å². The van der Waals surface area contributed by atoms with Crippen LogP contribution in [0.15, 0.2) is 54.6 Å². The summed E-state index contributed by atoms with van der Waals surface area (Å²) in [6.45, 7) is -0.0491. The summed E-state index contributed by atoms with van der Waals surface area (Å²) in [6, 6.07) is 12.3. The molecule has 0 unspecified atom stereocenters. The van der Waals surface area contributed by atoms with Gasteiger partial charge in [-0.25, -0.2) is 0 Å². The quantitative estimate of drug-likeness (QED) is 0.280. The Morgan fingerprint density at radius 1 is 1.00 bits per heavy atom. The number of aromatic hydroxyl groups is 1. The number of nitrogens with one attached hydrogen (secondary N) is 2. The van der Waals surface area contributed by atoms with Crippen LogP contribution in [-0.4, -0.2) is 22.9 Å². The highest BCUT2D eigenvalue weighted by molar-refractivity contribution is 6.07. The van der Waals surface area contributed by atoms with E-state index in [0.717, 1.165) is 12.1 Å². The van der Waals surface area contributed by atoms with E-state index in [9.17, 15) is 23.5 Å². The van der Waals surface area contributed by atoms with Crippen LogP contribution in [0.2, 0.25) is 0 Å². The third-order valence-electron chi connectivity index (χ3n) is 4.69. The van der Waals surface area contributed by atoms with Crippen molar-refractivity contribution >= 4 is 5.84 Å². The van der Waals surface area contributed by atoms with Crippen LogP contribution in [0.1, 0.15) is 11.1 Å². The molecule has 0 atom stereocenters. The van der Waals surface area contributed by atoms with Crippen LogP contribution in [0.25, 0.3) is 22.3 Å². The zero-order chi connectivity index (χ0) is 21.5. The molecule has 0 spiro atoms. The molecule has 1 aliphatic rings. The average Bonchev–Trinajstić information content (AvgIpc) is 3.21. The van der Waals surface area contributed by atoms with E-state index in [1.54, 1.807) is 23.7 Å². The highest BCUT2D eigenvalue weighted by Gasteiger charge is 2.34. The van der Waals surface area contributed by atoms with Crippen molar-refractivity contribution in [1.29, 1.82) is 5.41 Å². The van der Waals surface area contributed by atoms with Crippen LogP contribution in [0.4, 0.5) is 13.2 Å². The molecule has 6 nitrogen and oxygen atoms in total. The van der Waals surface area contributed by atoms with Gasteiger partial charge in [-0.05, 0) is 41.5 Å². The van der Waals surface area contributed by atoms with Gasteiger partial charge in [0.2, 0.25) is 6.79 Å². The van der Waals surface area contributed by atoms with Gasteiger partial charge in [0.1, 0.15) is 11.6 Å². The number of hydroxylamine groups is 1. The zero-order valence-electron chi connectivity index (χ0n) is 15.2. The Labute approximate surface area is 168 Å². The van der Waals surface area contributed by atoms with E-state index < -0.39 is 17.6 Å². The molecule has 30 heavy (non-hydrogen) atoms. The highest BCUT2D eigenvalue weighted by Crippen LogP contribution is 2.47. The minimum atomic E-state index is -4.69. The SMILES string of the molecule is N=C(NO)c1cc(C(F)(F)F)cc(-c2ccc(O)cc2)c1-c1cccc2c1OCO2. The Bertz CT molecular complexity index is 1130. The van der Waals surface area contributed by atoms with Crippen molar-refractivity contribution in [1.82, 2.24) is 5.48 Å². The molecule has 0 bridgehead atoms. The molecule has 4 N–H and O–H groups in total. The molecule has 3 aromatic rings. The minimum absolute atomic E-state index is 0.0467. The normalized spacial score (nSPS) is 12.7. The zero-order valence-corrected chi connectivity index (χ0v) is 15.2. The van der Waals surface area contributed by atoms with Gasteiger partial charge in [0, 0.05) is 16.7 Å². The third-order valence-corrected chi connectivity index (χ3v) is 4.69. The summed E-state index contributed by atoms with van der Waals surface area (Å²) in [5.74, 6) is 0.0741. The maximum Gasteiger partial charge on any atom is 0.416 e. The number of para-hydroxylation sites is 1. The molecule has 154 valence electrons. The summed E-state index contributed by atoms with van der Waals surface area (Å²) in [5, 5.41) is 26.9. The van der Waals surface area contributed by atoms with Gasteiger partial charge in [-0.15, -0.1) is 0 Å². The standard InChI is InChI=1S/C21H15F3N2O4/c22-21(23,24)12-8-15(11-4-6-13(27)7-5-11)18(16(9-12)20(25)26-28)14-2-1-3-17-19(14)30-10-29-17/h1-9,27-28H,10H2,(H2,25,26).